The van der Waals surface area contributed by atoms with Crippen LogP contribution in [0.15, 0.2) is 40.9 Å². The summed E-state index contributed by atoms with van der Waals surface area (Å²) >= 11 is 8.94. The molecular formula is C14H10BrClFNO. The van der Waals surface area contributed by atoms with E-state index in [0.29, 0.717) is 11.3 Å². The summed E-state index contributed by atoms with van der Waals surface area (Å²) in [6.07, 6.45) is 0. The highest BCUT2D eigenvalue weighted by Crippen LogP contribution is 2.21. The van der Waals surface area contributed by atoms with Crippen LogP contribution in [0, 0.1) is 12.7 Å². The van der Waals surface area contributed by atoms with Gasteiger partial charge in [0.25, 0.3) is 5.91 Å². The highest BCUT2D eigenvalue weighted by Gasteiger charge is 2.09. The molecule has 0 saturated carbocycles. The first kappa shape index (κ1) is 14.0. The number of carbonyl (C=O) groups is 1. The highest BCUT2D eigenvalue weighted by molar-refractivity contribution is 9.10. The summed E-state index contributed by atoms with van der Waals surface area (Å²) in [6.45, 7) is 1.93. The minimum Gasteiger partial charge on any atom is -0.322 e. The van der Waals surface area contributed by atoms with Gasteiger partial charge in [0.15, 0.2) is 0 Å². The van der Waals surface area contributed by atoms with Crippen LogP contribution in [0.25, 0.3) is 0 Å². The summed E-state index contributed by atoms with van der Waals surface area (Å²) < 4.78 is 14.1. The van der Waals surface area contributed by atoms with E-state index < -0.39 is 5.82 Å². The number of carbonyl (C=O) groups excluding carboxylic acids is 1. The molecule has 5 heteroatoms. The Balaban J connectivity index is 2.20. The monoisotopic (exact) mass is 341 g/mol. The lowest BCUT2D eigenvalue weighted by Crippen LogP contribution is -2.12. The van der Waals surface area contributed by atoms with Crippen LogP contribution in [0.1, 0.15) is 15.9 Å². The molecule has 0 radical (unpaired) electrons. The molecule has 0 bridgehead atoms. The maximum Gasteiger partial charge on any atom is 0.255 e. The van der Waals surface area contributed by atoms with Crippen molar-refractivity contribution < 1.29 is 9.18 Å². The van der Waals surface area contributed by atoms with Gasteiger partial charge in [0.05, 0.1) is 5.02 Å². The first-order chi connectivity index (χ1) is 8.97. The summed E-state index contributed by atoms with van der Waals surface area (Å²) in [5.41, 5.74) is 1.89. The molecule has 0 aliphatic carbocycles. The Kier molecular flexibility index (Phi) is 4.22. The third kappa shape index (κ3) is 3.33. The maximum atomic E-state index is 13.3. The topological polar surface area (TPSA) is 29.1 Å². The number of rotatable bonds is 2. The van der Waals surface area contributed by atoms with Crippen LogP contribution < -0.4 is 5.32 Å². The van der Waals surface area contributed by atoms with Crippen molar-refractivity contribution in [2.75, 3.05) is 5.32 Å². The average molecular weight is 343 g/mol. The van der Waals surface area contributed by atoms with Gasteiger partial charge in [0, 0.05) is 15.7 Å². The molecule has 19 heavy (non-hydrogen) atoms. The van der Waals surface area contributed by atoms with Crippen LogP contribution in [0.5, 0.6) is 0 Å². The van der Waals surface area contributed by atoms with Gasteiger partial charge in [-0.05, 0) is 42.8 Å². The largest absolute Gasteiger partial charge is 0.322 e. The molecule has 1 amide bonds. The first-order valence-electron chi connectivity index (χ1n) is 5.50. The predicted octanol–water partition coefficient (Wildman–Crippen LogP) is 4.80. The molecule has 0 fully saturated rings. The van der Waals surface area contributed by atoms with Crippen molar-refractivity contribution in [3.8, 4) is 0 Å². The van der Waals surface area contributed by atoms with E-state index in [4.69, 9.17) is 11.6 Å². The van der Waals surface area contributed by atoms with E-state index in [9.17, 15) is 9.18 Å². The molecular weight excluding hydrogens is 333 g/mol. The fourth-order valence-electron chi connectivity index (χ4n) is 1.51. The second kappa shape index (κ2) is 5.72. The molecule has 0 spiro atoms. The van der Waals surface area contributed by atoms with Crippen molar-refractivity contribution in [1.29, 1.82) is 0 Å². The molecule has 0 aromatic heterocycles. The highest BCUT2D eigenvalue weighted by atomic mass is 79.9. The van der Waals surface area contributed by atoms with E-state index in [1.54, 1.807) is 18.2 Å². The van der Waals surface area contributed by atoms with E-state index in [-0.39, 0.29) is 10.9 Å². The molecule has 2 aromatic carbocycles. The molecule has 0 aliphatic heterocycles. The van der Waals surface area contributed by atoms with Gasteiger partial charge in [-0.1, -0.05) is 33.6 Å². The van der Waals surface area contributed by atoms with Crippen molar-refractivity contribution in [3.63, 3.8) is 0 Å². The van der Waals surface area contributed by atoms with Gasteiger partial charge in [-0.3, -0.25) is 4.79 Å². The Morgan fingerprint density at radius 2 is 2.00 bits per heavy atom. The van der Waals surface area contributed by atoms with Crippen LogP contribution in [-0.4, -0.2) is 5.91 Å². The van der Waals surface area contributed by atoms with E-state index in [0.717, 1.165) is 10.0 Å². The molecule has 0 unspecified atom stereocenters. The maximum absolute atomic E-state index is 13.3. The lowest BCUT2D eigenvalue weighted by atomic mass is 10.1. The minimum atomic E-state index is -0.565. The Morgan fingerprint density at radius 3 is 2.63 bits per heavy atom. The molecule has 0 atom stereocenters. The van der Waals surface area contributed by atoms with Crippen molar-refractivity contribution in [2.45, 2.75) is 6.92 Å². The van der Waals surface area contributed by atoms with Gasteiger partial charge >= 0.3 is 0 Å². The first-order valence-corrected chi connectivity index (χ1v) is 6.67. The van der Waals surface area contributed by atoms with E-state index in [1.807, 2.05) is 13.0 Å². The molecule has 98 valence electrons. The molecule has 2 aromatic rings. The van der Waals surface area contributed by atoms with Gasteiger partial charge in [-0.15, -0.1) is 0 Å². The van der Waals surface area contributed by atoms with Crippen molar-refractivity contribution >= 4 is 39.1 Å². The Morgan fingerprint density at radius 1 is 1.26 bits per heavy atom. The Labute approximate surface area is 123 Å². The normalized spacial score (nSPS) is 10.3. The van der Waals surface area contributed by atoms with Gasteiger partial charge in [0.1, 0.15) is 5.82 Å². The number of amides is 1. The van der Waals surface area contributed by atoms with Gasteiger partial charge in [-0.2, -0.15) is 0 Å². The summed E-state index contributed by atoms with van der Waals surface area (Å²) in [4.78, 5) is 12.0. The van der Waals surface area contributed by atoms with Gasteiger partial charge in [-0.25, -0.2) is 4.39 Å². The van der Waals surface area contributed by atoms with Crippen molar-refractivity contribution in [3.05, 3.63) is 62.8 Å². The summed E-state index contributed by atoms with van der Waals surface area (Å²) in [5, 5.41) is 2.64. The predicted molar refractivity (Wildman–Crippen MR) is 78.2 cm³/mol. The Hall–Kier alpha value is -1.39. The summed E-state index contributed by atoms with van der Waals surface area (Å²) in [5.74, 6) is -0.869. The number of benzene rings is 2. The number of anilines is 1. The third-order valence-corrected chi connectivity index (χ3v) is 3.77. The van der Waals surface area contributed by atoms with Crippen LogP contribution in [-0.2, 0) is 0 Å². The fourth-order valence-corrected chi connectivity index (χ4v) is 2.01. The Bertz CT molecular complexity index is 645. The molecule has 0 heterocycles. The second-order valence-corrected chi connectivity index (χ2v) is 5.31. The lowest BCUT2D eigenvalue weighted by molar-refractivity contribution is 0.102. The van der Waals surface area contributed by atoms with Crippen LogP contribution >= 0.6 is 27.5 Å². The van der Waals surface area contributed by atoms with Crippen LogP contribution in [0.2, 0.25) is 5.02 Å². The van der Waals surface area contributed by atoms with Crippen LogP contribution in [0.4, 0.5) is 10.1 Å². The number of hydrogen-bond donors (Lipinski definition) is 1. The second-order valence-electron chi connectivity index (χ2n) is 4.05. The summed E-state index contributed by atoms with van der Waals surface area (Å²) in [6, 6.07) is 9.40. The molecule has 2 rings (SSSR count). The zero-order chi connectivity index (χ0) is 14.0. The minimum absolute atomic E-state index is 0.0241. The third-order valence-electron chi connectivity index (χ3n) is 2.61. The number of nitrogens with one attached hydrogen (secondary N) is 1. The average Bonchev–Trinajstić information content (AvgIpc) is 2.37. The molecule has 0 saturated heterocycles. The van der Waals surface area contributed by atoms with E-state index in [2.05, 4.69) is 21.2 Å². The van der Waals surface area contributed by atoms with E-state index in [1.165, 1.54) is 12.1 Å². The van der Waals surface area contributed by atoms with Crippen molar-refractivity contribution in [2.24, 2.45) is 0 Å². The molecule has 1 N–H and O–H groups in total. The van der Waals surface area contributed by atoms with Crippen LogP contribution in [0.3, 0.4) is 0 Å². The zero-order valence-electron chi connectivity index (χ0n) is 10.0. The van der Waals surface area contributed by atoms with E-state index >= 15 is 0 Å². The molecule has 0 aliphatic rings. The standard InChI is InChI=1S/C14H10BrClFNO/c1-8-2-3-9(6-11(8)15)14(19)18-10-4-5-12(16)13(17)7-10/h2-7H,1H3,(H,18,19). The summed E-state index contributed by atoms with van der Waals surface area (Å²) in [7, 11) is 0. The number of aryl methyl sites for hydroxylation is 1. The molecule has 2 nitrogen and oxygen atoms in total. The quantitative estimate of drug-likeness (QED) is 0.834. The van der Waals surface area contributed by atoms with Gasteiger partial charge in [0.2, 0.25) is 0 Å². The zero-order valence-corrected chi connectivity index (χ0v) is 12.3. The lowest BCUT2D eigenvalue weighted by Gasteiger charge is -2.07. The van der Waals surface area contributed by atoms with Crippen molar-refractivity contribution in [1.82, 2.24) is 0 Å². The van der Waals surface area contributed by atoms with Gasteiger partial charge < -0.3 is 5.32 Å². The fraction of sp³-hybridized carbons (Fsp3) is 0.0714. The smallest absolute Gasteiger partial charge is 0.255 e. The number of halogens is 3. The SMILES string of the molecule is Cc1ccc(C(=O)Nc2ccc(Cl)c(F)c2)cc1Br. The number of hydrogen-bond acceptors (Lipinski definition) is 1.